The number of amides is 2. The number of hydrogen-bond donors (Lipinski definition) is 0. The zero-order chi connectivity index (χ0) is 20.3. The Bertz CT molecular complexity index is 1110. The summed E-state index contributed by atoms with van der Waals surface area (Å²) in [6, 6.07) is 6.50. The van der Waals surface area contributed by atoms with E-state index < -0.39 is 23.9 Å². The van der Waals surface area contributed by atoms with Crippen molar-refractivity contribution in [2.75, 3.05) is 0 Å². The van der Waals surface area contributed by atoms with Crippen molar-refractivity contribution in [1.82, 2.24) is 4.90 Å². The first kappa shape index (κ1) is 19.0. The van der Waals surface area contributed by atoms with Crippen LogP contribution in [0.15, 0.2) is 18.2 Å². The zero-order valence-corrected chi connectivity index (χ0v) is 16.6. The van der Waals surface area contributed by atoms with Crippen molar-refractivity contribution in [3.8, 4) is 6.07 Å². The second kappa shape index (κ2) is 6.64. The molecule has 28 heavy (non-hydrogen) atoms. The Balaban J connectivity index is 1.72. The Morgan fingerprint density at radius 1 is 0.964 bits per heavy atom. The lowest BCUT2D eigenvalue weighted by molar-refractivity contribution is 0.0477. The van der Waals surface area contributed by atoms with Crippen LogP contribution in [-0.2, 0) is 11.3 Å². The minimum atomic E-state index is -0.974. The number of fused-ring (bicyclic) bond motifs is 2. The molecule has 0 saturated heterocycles. The number of carbonyl (C=O) groups excluding carboxylic acids is 3. The van der Waals surface area contributed by atoms with Crippen LogP contribution in [0.25, 0.3) is 0 Å². The first-order chi connectivity index (χ1) is 13.3. The average molecular weight is 456 g/mol. The largest absolute Gasteiger partial charge is 0.438 e. The topological polar surface area (TPSA) is 87.5 Å². The van der Waals surface area contributed by atoms with Crippen LogP contribution in [-0.4, -0.2) is 22.7 Å². The van der Waals surface area contributed by atoms with E-state index in [-0.39, 0.29) is 43.3 Å². The molecule has 140 valence electrons. The van der Waals surface area contributed by atoms with Crippen LogP contribution in [0, 0.1) is 11.3 Å². The molecule has 2 aromatic carbocycles. The number of benzene rings is 2. The second-order valence-electron chi connectivity index (χ2n) is 6.04. The van der Waals surface area contributed by atoms with E-state index in [0.717, 1.165) is 4.90 Å². The van der Waals surface area contributed by atoms with Gasteiger partial charge in [-0.1, -0.05) is 58.5 Å². The summed E-state index contributed by atoms with van der Waals surface area (Å²) < 4.78 is 4.94. The van der Waals surface area contributed by atoms with Crippen molar-refractivity contribution < 1.29 is 19.1 Å². The molecule has 4 rings (SSSR count). The monoisotopic (exact) mass is 454 g/mol. The highest BCUT2D eigenvalue weighted by Crippen LogP contribution is 2.45. The van der Waals surface area contributed by atoms with E-state index in [2.05, 4.69) is 0 Å². The third kappa shape index (κ3) is 2.59. The fraction of sp³-hybridized carbons (Fsp3) is 0.111. The van der Waals surface area contributed by atoms with Gasteiger partial charge in [-0.25, -0.2) is 4.79 Å². The van der Waals surface area contributed by atoms with Gasteiger partial charge in [0.15, 0.2) is 0 Å². The zero-order valence-electron chi connectivity index (χ0n) is 13.6. The fourth-order valence-electron chi connectivity index (χ4n) is 3.16. The number of nitrogens with zero attached hydrogens (tertiary/aromatic N) is 2. The van der Waals surface area contributed by atoms with Crippen LogP contribution in [0.5, 0.6) is 0 Å². The number of carbonyl (C=O) groups is 3. The summed E-state index contributed by atoms with van der Waals surface area (Å²) in [7, 11) is 0. The molecule has 2 aliphatic heterocycles. The highest BCUT2D eigenvalue weighted by molar-refractivity contribution is 6.55. The van der Waals surface area contributed by atoms with Crippen molar-refractivity contribution in [1.29, 1.82) is 5.26 Å². The summed E-state index contributed by atoms with van der Waals surface area (Å²) in [5.41, 5.74) is 0.895. The number of ether oxygens (including phenoxy) is 1. The maximum Gasteiger partial charge on any atom is 0.340 e. The van der Waals surface area contributed by atoms with E-state index in [1.165, 1.54) is 6.07 Å². The maximum atomic E-state index is 12.8. The number of hydrogen-bond acceptors (Lipinski definition) is 5. The smallest absolute Gasteiger partial charge is 0.340 e. The summed E-state index contributed by atoms with van der Waals surface area (Å²) >= 11 is 24.2. The Kier molecular flexibility index (Phi) is 4.52. The van der Waals surface area contributed by atoms with Crippen LogP contribution in [0.1, 0.15) is 48.3 Å². The van der Waals surface area contributed by atoms with Crippen molar-refractivity contribution in [3.05, 3.63) is 66.1 Å². The molecule has 0 aromatic heterocycles. The van der Waals surface area contributed by atoms with E-state index in [9.17, 15) is 14.4 Å². The summed E-state index contributed by atoms with van der Waals surface area (Å²) in [6.45, 7) is -0.147. The first-order valence-electron chi connectivity index (χ1n) is 7.71. The van der Waals surface area contributed by atoms with E-state index in [1.807, 2.05) is 6.07 Å². The lowest BCUT2D eigenvalue weighted by Crippen LogP contribution is -2.29. The van der Waals surface area contributed by atoms with Crippen molar-refractivity contribution in [3.63, 3.8) is 0 Å². The molecule has 0 radical (unpaired) electrons. The predicted molar refractivity (Wildman–Crippen MR) is 101 cm³/mol. The molecule has 0 fully saturated rings. The summed E-state index contributed by atoms with van der Waals surface area (Å²) in [5, 5.41) is 8.50. The molecular weight excluding hydrogens is 450 g/mol. The molecule has 2 heterocycles. The SMILES string of the molecule is N#CC1OC(=O)c2cc(CN3C(=O)c4c(Cl)c(Cl)c(Cl)c(Cl)c4C3=O)ccc21. The van der Waals surface area contributed by atoms with Gasteiger partial charge in [0.05, 0.1) is 43.3 Å². The van der Waals surface area contributed by atoms with E-state index >= 15 is 0 Å². The average Bonchev–Trinajstić information content (AvgIpc) is 3.13. The predicted octanol–water partition coefficient (Wildman–Crippen LogP) is 4.83. The van der Waals surface area contributed by atoms with E-state index in [1.54, 1.807) is 12.1 Å². The molecule has 0 bridgehead atoms. The second-order valence-corrected chi connectivity index (χ2v) is 7.55. The van der Waals surface area contributed by atoms with Crippen molar-refractivity contribution in [2.45, 2.75) is 12.6 Å². The number of nitriles is 1. The van der Waals surface area contributed by atoms with Gasteiger partial charge in [-0.05, 0) is 11.6 Å². The maximum absolute atomic E-state index is 12.8. The Morgan fingerprint density at radius 2 is 1.54 bits per heavy atom. The normalized spacial score (nSPS) is 17.5. The van der Waals surface area contributed by atoms with Crippen molar-refractivity contribution >= 4 is 64.2 Å². The van der Waals surface area contributed by atoms with Crippen LogP contribution in [0.2, 0.25) is 20.1 Å². The third-order valence-corrected chi connectivity index (χ3v) is 6.29. The van der Waals surface area contributed by atoms with Crippen LogP contribution in [0.4, 0.5) is 0 Å². The van der Waals surface area contributed by atoms with Gasteiger partial charge >= 0.3 is 5.97 Å². The molecule has 6 nitrogen and oxygen atoms in total. The van der Waals surface area contributed by atoms with Gasteiger partial charge in [-0.15, -0.1) is 0 Å². The minimum absolute atomic E-state index is 0.113. The van der Waals surface area contributed by atoms with E-state index in [4.69, 9.17) is 56.4 Å². The number of imide groups is 1. The number of cyclic esters (lactones) is 1. The highest BCUT2D eigenvalue weighted by Gasteiger charge is 2.41. The molecule has 1 atom stereocenters. The number of rotatable bonds is 2. The van der Waals surface area contributed by atoms with Gasteiger partial charge in [0.25, 0.3) is 11.8 Å². The summed E-state index contributed by atoms with van der Waals surface area (Å²) in [5.74, 6) is -2.00. The van der Waals surface area contributed by atoms with Gasteiger partial charge in [0, 0.05) is 5.56 Å². The number of esters is 1. The van der Waals surface area contributed by atoms with Crippen LogP contribution >= 0.6 is 46.4 Å². The van der Waals surface area contributed by atoms with Gasteiger partial charge < -0.3 is 4.74 Å². The molecule has 2 amide bonds. The van der Waals surface area contributed by atoms with Gasteiger partial charge in [-0.3, -0.25) is 14.5 Å². The summed E-state index contributed by atoms with van der Waals surface area (Å²) in [4.78, 5) is 38.4. The quantitative estimate of drug-likeness (QED) is 0.280. The van der Waals surface area contributed by atoms with Gasteiger partial charge in [0.2, 0.25) is 6.10 Å². The third-order valence-electron chi connectivity index (χ3n) is 4.49. The molecule has 0 spiro atoms. The lowest BCUT2D eigenvalue weighted by Gasteiger charge is -2.14. The van der Waals surface area contributed by atoms with Gasteiger partial charge in [-0.2, -0.15) is 5.26 Å². The number of halogens is 4. The molecule has 0 saturated carbocycles. The van der Waals surface area contributed by atoms with Crippen LogP contribution < -0.4 is 0 Å². The molecule has 2 aliphatic rings. The van der Waals surface area contributed by atoms with Crippen molar-refractivity contribution in [2.24, 2.45) is 0 Å². The Labute approximate surface area is 178 Å². The van der Waals surface area contributed by atoms with Gasteiger partial charge in [0.1, 0.15) is 6.07 Å². The lowest BCUT2D eigenvalue weighted by atomic mass is 10.0. The fourth-order valence-corrected chi connectivity index (χ4v) is 4.17. The highest BCUT2D eigenvalue weighted by atomic mass is 35.5. The Hall–Kier alpha value is -2.30. The Morgan fingerprint density at radius 3 is 2.07 bits per heavy atom. The molecular formula is C18H6Cl4N2O4. The molecule has 0 aliphatic carbocycles. The first-order valence-corrected chi connectivity index (χ1v) is 9.23. The minimum Gasteiger partial charge on any atom is -0.438 e. The van der Waals surface area contributed by atoms with Crippen LogP contribution in [0.3, 0.4) is 0 Å². The molecule has 0 N–H and O–H groups in total. The molecule has 10 heteroatoms. The molecule has 2 aromatic rings. The summed E-state index contributed by atoms with van der Waals surface area (Å²) in [6.07, 6.45) is -0.974. The molecule has 1 unspecified atom stereocenters. The van der Waals surface area contributed by atoms with E-state index in [0.29, 0.717) is 11.1 Å². The standard InChI is InChI=1S/C18H6Cl4N2O4/c19-12-10-11(13(20)15(22)14(12)21)17(26)24(16(10)25)5-6-1-2-7-8(3-6)18(27)28-9(7)4-23/h1-3,9H,5H2.